The molecule has 0 saturated carbocycles. The highest BCUT2D eigenvalue weighted by Gasteiger charge is 2.38. The zero-order valence-corrected chi connectivity index (χ0v) is 14.7. The molecule has 0 heterocycles. The molecule has 0 amide bonds. The third-order valence-electron chi connectivity index (χ3n) is 5.92. The Morgan fingerprint density at radius 1 is 0.571 bits per heavy atom. The molecule has 1 aliphatic rings. The van der Waals surface area contributed by atoms with Crippen LogP contribution in [0, 0.1) is 41.5 Å². The van der Waals surface area contributed by atoms with Gasteiger partial charge in [-0.3, -0.25) is 0 Å². The number of aryl methyl sites for hydroxylation is 2. The van der Waals surface area contributed by atoms with Crippen molar-refractivity contribution < 1.29 is 0 Å². The Kier molecular flexibility index (Phi) is 2.89. The summed E-state index contributed by atoms with van der Waals surface area (Å²) in [7, 11) is 0. The zero-order valence-electron chi connectivity index (χ0n) is 14.7. The summed E-state index contributed by atoms with van der Waals surface area (Å²) in [4.78, 5) is 0. The molecule has 21 heavy (non-hydrogen) atoms. The molecule has 0 unspecified atom stereocenters. The molecule has 2 aromatic rings. The first-order valence-corrected chi connectivity index (χ1v) is 7.90. The van der Waals surface area contributed by atoms with Gasteiger partial charge >= 0.3 is 0 Å². The van der Waals surface area contributed by atoms with Crippen LogP contribution in [0.2, 0.25) is 0 Å². The van der Waals surface area contributed by atoms with E-state index in [-0.39, 0.29) is 5.41 Å². The molecule has 0 aromatic heterocycles. The van der Waals surface area contributed by atoms with E-state index >= 15 is 0 Å². The van der Waals surface area contributed by atoms with E-state index in [1.807, 2.05) is 0 Å². The lowest BCUT2D eigenvalue weighted by Gasteiger charge is -2.23. The van der Waals surface area contributed by atoms with Gasteiger partial charge in [0.2, 0.25) is 0 Å². The molecule has 0 N–H and O–H groups in total. The van der Waals surface area contributed by atoms with E-state index in [4.69, 9.17) is 0 Å². The van der Waals surface area contributed by atoms with Gasteiger partial charge in [0.1, 0.15) is 0 Å². The van der Waals surface area contributed by atoms with Crippen LogP contribution in [0.4, 0.5) is 0 Å². The Balaban J connectivity index is 2.53. The van der Waals surface area contributed by atoms with Gasteiger partial charge in [-0.2, -0.15) is 0 Å². The minimum Gasteiger partial charge on any atom is -0.0543 e. The van der Waals surface area contributed by atoms with Crippen LogP contribution in [0.15, 0.2) is 12.1 Å². The van der Waals surface area contributed by atoms with Gasteiger partial charge < -0.3 is 0 Å². The number of benzene rings is 2. The Morgan fingerprint density at radius 3 is 1.24 bits per heavy atom. The minimum absolute atomic E-state index is 0.108. The van der Waals surface area contributed by atoms with Crippen molar-refractivity contribution in [3.63, 3.8) is 0 Å². The summed E-state index contributed by atoms with van der Waals surface area (Å²) in [6, 6.07) is 4.84. The van der Waals surface area contributed by atoms with E-state index in [1.165, 1.54) is 55.6 Å². The number of rotatable bonds is 0. The molecule has 0 heteroatoms. The first-order chi connectivity index (χ1) is 9.67. The molecule has 0 radical (unpaired) electrons. The van der Waals surface area contributed by atoms with Crippen molar-refractivity contribution in [1.82, 2.24) is 0 Å². The highest BCUT2D eigenvalue weighted by atomic mass is 14.4. The van der Waals surface area contributed by atoms with Gasteiger partial charge in [0.15, 0.2) is 0 Å². The maximum absolute atomic E-state index is 2.42. The monoisotopic (exact) mass is 278 g/mol. The van der Waals surface area contributed by atoms with Gasteiger partial charge in [-0.25, -0.2) is 0 Å². The molecule has 0 aliphatic heterocycles. The van der Waals surface area contributed by atoms with Crippen LogP contribution < -0.4 is 0 Å². The summed E-state index contributed by atoms with van der Waals surface area (Å²) < 4.78 is 0. The molecule has 0 saturated heterocycles. The largest absolute Gasteiger partial charge is 0.0543 e. The molecule has 0 spiro atoms. The highest BCUT2D eigenvalue weighted by molar-refractivity contribution is 5.87. The highest BCUT2D eigenvalue weighted by Crippen LogP contribution is 2.53. The van der Waals surface area contributed by atoms with Crippen LogP contribution in [-0.2, 0) is 5.41 Å². The molecular formula is C21H26. The van der Waals surface area contributed by atoms with Crippen LogP contribution in [0.1, 0.15) is 58.4 Å². The average Bonchev–Trinajstić information content (AvgIpc) is 2.63. The summed E-state index contributed by atoms with van der Waals surface area (Å²) in [6.07, 6.45) is 0. The third-order valence-corrected chi connectivity index (χ3v) is 5.92. The lowest BCUT2D eigenvalue weighted by molar-refractivity contribution is 0.658. The van der Waals surface area contributed by atoms with Crippen LogP contribution in [0.3, 0.4) is 0 Å². The fraction of sp³-hybridized carbons (Fsp3) is 0.429. The zero-order chi connectivity index (χ0) is 15.7. The second-order valence-electron chi connectivity index (χ2n) is 7.36. The molecule has 110 valence electrons. The van der Waals surface area contributed by atoms with Crippen molar-refractivity contribution in [2.24, 2.45) is 0 Å². The predicted octanol–water partition coefficient (Wildman–Crippen LogP) is 5.84. The summed E-state index contributed by atoms with van der Waals surface area (Å²) in [6.45, 7) is 18.3. The third kappa shape index (κ3) is 1.68. The fourth-order valence-electron chi connectivity index (χ4n) is 3.94. The van der Waals surface area contributed by atoms with Crippen LogP contribution in [-0.4, -0.2) is 0 Å². The van der Waals surface area contributed by atoms with Gasteiger partial charge in [-0.05, 0) is 97.2 Å². The molecule has 2 aromatic carbocycles. The van der Waals surface area contributed by atoms with Crippen molar-refractivity contribution in [2.75, 3.05) is 0 Å². The van der Waals surface area contributed by atoms with E-state index < -0.39 is 0 Å². The molecule has 0 fully saturated rings. The number of hydrogen-bond donors (Lipinski definition) is 0. The Hall–Kier alpha value is -1.56. The maximum Gasteiger partial charge on any atom is 0.0159 e. The van der Waals surface area contributed by atoms with Crippen molar-refractivity contribution in [2.45, 2.75) is 60.8 Å². The van der Waals surface area contributed by atoms with Gasteiger partial charge in [0.25, 0.3) is 0 Å². The normalized spacial score (nSPS) is 15.0. The molecule has 0 bridgehead atoms. The van der Waals surface area contributed by atoms with E-state index in [1.54, 1.807) is 0 Å². The fourth-order valence-corrected chi connectivity index (χ4v) is 3.94. The molecule has 0 nitrogen and oxygen atoms in total. The van der Waals surface area contributed by atoms with Gasteiger partial charge in [-0.1, -0.05) is 26.0 Å². The first kappa shape index (κ1) is 14.4. The first-order valence-electron chi connectivity index (χ1n) is 7.90. The van der Waals surface area contributed by atoms with Crippen molar-refractivity contribution >= 4 is 0 Å². The molecular weight excluding hydrogens is 252 g/mol. The molecule has 3 rings (SSSR count). The van der Waals surface area contributed by atoms with Gasteiger partial charge in [-0.15, -0.1) is 0 Å². The second-order valence-corrected chi connectivity index (χ2v) is 7.36. The lowest BCUT2D eigenvalue weighted by atomic mass is 9.80. The van der Waals surface area contributed by atoms with Crippen molar-refractivity contribution in [1.29, 1.82) is 0 Å². The van der Waals surface area contributed by atoms with E-state index in [0.717, 1.165) is 0 Å². The Bertz CT molecular complexity index is 708. The summed E-state index contributed by atoms with van der Waals surface area (Å²) in [5.74, 6) is 0. The maximum atomic E-state index is 2.42. The van der Waals surface area contributed by atoms with Crippen molar-refractivity contribution in [3.05, 3.63) is 56.6 Å². The Labute approximate surface area is 129 Å². The molecule has 0 atom stereocenters. The van der Waals surface area contributed by atoms with Crippen LogP contribution in [0.25, 0.3) is 11.1 Å². The number of fused-ring (bicyclic) bond motifs is 3. The van der Waals surface area contributed by atoms with Crippen molar-refractivity contribution in [3.8, 4) is 11.1 Å². The SMILES string of the molecule is Cc1cc2c(c(C)c1C)-c1c(cc(C)c(C)c1C)C2(C)C. The number of hydrogen-bond acceptors (Lipinski definition) is 0. The quantitative estimate of drug-likeness (QED) is 0.567. The smallest absolute Gasteiger partial charge is 0.0159 e. The summed E-state index contributed by atoms with van der Waals surface area (Å²) in [5, 5.41) is 0. The van der Waals surface area contributed by atoms with E-state index in [0.29, 0.717) is 0 Å². The van der Waals surface area contributed by atoms with Gasteiger partial charge in [0, 0.05) is 5.41 Å². The second kappa shape index (κ2) is 4.22. The lowest BCUT2D eigenvalue weighted by Crippen LogP contribution is -2.16. The average molecular weight is 278 g/mol. The minimum atomic E-state index is 0.108. The van der Waals surface area contributed by atoms with E-state index in [2.05, 4.69) is 67.5 Å². The van der Waals surface area contributed by atoms with Crippen LogP contribution >= 0.6 is 0 Å². The van der Waals surface area contributed by atoms with Crippen LogP contribution in [0.5, 0.6) is 0 Å². The molecule has 1 aliphatic carbocycles. The Morgan fingerprint density at radius 2 is 0.905 bits per heavy atom. The van der Waals surface area contributed by atoms with Gasteiger partial charge in [0.05, 0.1) is 0 Å². The predicted molar refractivity (Wildman–Crippen MR) is 92.4 cm³/mol. The topological polar surface area (TPSA) is 0 Å². The standard InChI is InChI=1S/C21H26/c1-11-9-17-19(15(5)13(11)3)20-16(6)14(4)12(2)10-18(20)21(17,7)8/h9-10H,1-8H3. The summed E-state index contributed by atoms with van der Waals surface area (Å²) in [5.41, 5.74) is 14.7. The van der Waals surface area contributed by atoms with E-state index in [9.17, 15) is 0 Å². The summed E-state index contributed by atoms with van der Waals surface area (Å²) >= 11 is 0.